The van der Waals surface area contributed by atoms with E-state index < -0.39 is 0 Å². The minimum absolute atomic E-state index is 0.223. The number of aryl methyl sites for hydroxylation is 3. The van der Waals surface area contributed by atoms with Gasteiger partial charge in [-0.2, -0.15) is 5.10 Å². The Balaban J connectivity index is 1.73. The van der Waals surface area contributed by atoms with E-state index >= 15 is 0 Å². The van der Waals surface area contributed by atoms with Crippen LogP contribution in [0.4, 0.5) is 11.5 Å². The summed E-state index contributed by atoms with van der Waals surface area (Å²) in [6.07, 6.45) is 0. The highest BCUT2D eigenvalue weighted by Gasteiger charge is 2.16. The van der Waals surface area contributed by atoms with Crippen LogP contribution in [0.25, 0.3) is 0 Å². The number of hydrogen-bond acceptors (Lipinski definition) is 4. The molecule has 3 rings (SSSR count). The first-order valence-corrected chi connectivity index (χ1v) is 8.59. The second-order valence-electron chi connectivity index (χ2n) is 5.72. The highest BCUT2D eigenvalue weighted by atomic mass is 32.1. The number of benzene rings is 1. The van der Waals surface area contributed by atoms with Gasteiger partial charge in [0.15, 0.2) is 5.69 Å². The second-order valence-corrected chi connectivity index (χ2v) is 6.67. The molecule has 3 aromatic rings. The number of carbonyl (C=O) groups excluding carboxylic acids is 2. The minimum atomic E-state index is -0.324. The lowest BCUT2D eigenvalue weighted by Crippen LogP contribution is -2.13. The van der Waals surface area contributed by atoms with Crippen LogP contribution >= 0.6 is 11.3 Å². The number of anilines is 2. The molecule has 2 N–H and O–H groups in total. The maximum Gasteiger partial charge on any atom is 0.276 e. The molecule has 0 aliphatic carbocycles. The fraction of sp³-hybridized carbons (Fsp3) is 0.167. The molecular weight excluding hydrogens is 336 g/mol. The van der Waals surface area contributed by atoms with Crippen LogP contribution in [0.1, 0.15) is 31.3 Å². The molecule has 0 radical (unpaired) electrons. The van der Waals surface area contributed by atoms with Crippen LogP contribution in [0, 0.1) is 13.8 Å². The molecule has 0 spiro atoms. The Labute approximate surface area is 149 Å². The zero-order valence-electron chi connectivity index (χ0n) is 14.2. The summed E-state index contributed by atoms with van der Waals surface area (Å²) in [6, 6.07) is 10.8. The second kappa shape index (κ2) is 6.90. The van der Waals surface area contributed by atoms with Gasteiger partial charge in [0, 0.05) is 18.8 Å². The number of rotatable bonds is 4. The van der Waals surface area contributed by atoms with Gasteiger partial charge in [-0.15, -0.1) is 11.3 Å². The van der Waals surface area contributed by atoms with Crippen molar-refractivity contribution in [3.63, 3.8) is 0 Å². The Bertz CT molecular complexity index is 929. The van der Waals surface area contributed by atoms with Gasteiger partial charge in [0.2, 0.25) is 0 Å². The highest BCUT2D eigenvalue weighted by molar-refractivity contribution is 7.12. The van der Waals surface area contributed by atoms with E-state index in [-0.39, 0.29) is 17.5 Å². The maximum absolute atomic E-state index is 12.4. The van der Waals surface area contributed by atoms with E-state index in [2.05, 4.69) is 15.7 Å². The third-order valence-corrected chi connectivity index (χ3v) is 4.73. The zero-order chi connectivity index (χ0) is 18.0. The number of nitrogens with zero attached hydrogens (tertiary/aromatic N) is 2. The Morgan fingerprint density at radius 3 is 2.52 bits per heavy atom. The van der Waals surface area contributed by atoms with Crippen LogP contribution in [0.3, 0.4) is 0 Å². The first-order valence-electron chi connectivity index (χ1n) is 7.71. The van der Waals surface area contributed by atoms with E-state index in [1.54, 1.807) is 19.2 Å². The lowest BCUT2D eigenvalue weighted by molar-refractivity contribution is 0.101. The van der Waals surface area contributed by atoms with Gasteiger partial charge in [-0.05, 0) is 48.6 Å². The van der Waals surface area contributed by atoms with Crippen molar-refractivity contribution in [3.8, 4) is 0 Å². The summed E-state index contributed by atoms with van der Waals surface area (Å²) in [4.78, 5) is 25.1. The molecule has 0 atom stereocenters. The van der Waals surface area contributed by atoms with Crippen LogP contribution < -0.4 is 10.6 Å². The predicted molar refractivity (Wildman–Crippen MR) is 99.3 cm³/mol. The molecule has 0 unspecified atom stereocenters. The third-order valence-electron chi connectivity index (χ3n) is 3.86. The molecule has 0 aliphatic rings. The highest BCUT2D eigenvalue weighted by Crippen LogP contribution is 2.17. The predicted octanol–water partition coefficient (Wildman–Crippen LogP) is 3.60. The number of nitrogens with one attached hydrogen (secondary N) is 2. The summed E-state index contributed by atoms with van der Waals surface area (Å²) in [5, 5.41) is 11.6. The van der Waals surface area contributed by atoms with Gasteiger partial charge in [0.1, 0.15) is 5.82 Å². The van der Waals surface area contributed by atoms with Gasteiger partial charge < -0.3 is 10.6 Å². The van der Waals surface area contributed by atoms with Gasteiger partial charge in [0.25, 0.3) is 11.8 Å². The normalized spacial score (nSPS) is 10.5. The van der Waals surface area contributed by atoms with E-state index in [0.29, 0.717) is 16.4 Å². The number of thiophene rings is 1. The van der Waals surface area contributed by atoms with Crippen LogP contribution in [0.2, 0.25) is 0 Å². The van der Waals surface area contributed by atoms with E-state index in [0.717, 1.165) is 11.1 Å². The van der Waals surface area contributed by atoms with Crippen molar-refractivity contribution in [2.24, 2.45) is 7.05 Å². The Hall–Kier alpha value is -2.93. The average molecular weight is 354 g/mol. The van der Waals surface area contributed by atoms with Crippen LogP contribution in [0.5, 0.6) is 0 Å². The first-order chi connectivity index (χ1) is 11.9. The zero-order valence-corrected chi connectivity index (χ0v) is 15.0. The first kappa shape index (κ1) is 16.9. The summed E-state index contributed by atoms with van der Waals surface area (Å²) < 4.78 is 1.47. The number of aromatic nitrogens is 2. The van der Waals surface area contributed by atoms with E-state index in [4.69, 9.17) is 0 Å². The third kappa shape index (κ3) is 3.77. The quantitative estimate of drug-likeness (QED) is 0.751. The molecule has 2 amide bonds. The molecule has 128 valence electrons. The molecule has 2 heterocycles. The summed E-state index contributed by atoms with van der Waals surface area (Å²) in [6.45, 7) is 4.01. The molecule has 2 aromatic heterocycles. The molecule has 1 aromatic carbocycles. The molecule has 0 bridgehead atoms. The van der Waals surface area contributed by atoms with Crippen molar-refractivity contribution in [1.29, 1.82) is 0 Å². The molecule has 0 aliphatic heterocycles. The Morgan fingerprint density at radius 2 is 1.84 bits per heavy atom. The molecule has 25 heavy (non-hydrogen) atoms. The van der Waals surface area contributed by atoms with Crippen LogP contribution in [0.15, 0.2) is 41.8 Å². The smallest absolute Gasteiger partial charge is 0.276 e. The minimum Gasteiger partial charge on any atom is -0.321 e. The van der Waals surface area contributed by atoms with Gasteiger partial charge in [-0.25, -0.2) is 0 Å². The van der Waals surface area contributed by atoms with E-state index in [9.17, 15) is 9.59 Å². The number of amides is 2. The molecule has 0 saturated carbocycles. The van der Waals surface area contributed by atoms with Crippen molar-refractivity contribution >= 4 is 34.7 Å². The molecular formula is C18H18N4O2S. The molecule has 0 saturated heterocycles. The lowest BCUT2D eigenvalue weighted by atomic mass is 10.1. The Kier molecular flexibility index (Phi) is 4.67. The number of hydrogen-bond donors (Lipinski definition) is 2. The summed E-state index contributed by atoms with van der Waals surface area (Å²) in [7, 11) is 1.68. The van der Waals surface area contributed by atoms with Crippen molar-refractivity contribution in [2.45, 2.75) is 13.8 Å². The summed E-state index contributed by atoms with van der Waals surface area (Å²) in [5.41, 5.74) is 3.21. The van der Waals surface area contributed by atoms with E-state index in [1.807, 2.05) is 43.5 Å². The van der Waals surface area contributed by atoms with Crippen molar-refractivity contribution in [3.05, 3.63) is 63.5 Å². The average Bonchev–Trinajstić information content (AvgIpc) is 3.21. The van der Waals surface area contributed by atoms with Crippen molar-refractivity contribution < 1.29 is 9.59 Å². The van der Waals surface area contributed by atoms with Gasteiger partial charge >= 0.3 is 0 Å². The number of carbonyl (C=O) groups is 2. The van der Waals surface area contributed by atoms with Crippen molar-refractivity contribution in [1.82, 2.24) is 9.78 Å². The molecule has 7 heteroatoms. The molecule has 6 nitrogen and oxygen atoms in total. The van der Waals surface area contributed by atoms with Crippen molar-refractivity contribution in [2.75, 3.05) is 10.6 Å². The monoisotopic (exact) mass is 354 g/mol. The maximum atomic E-state index is 12.4. The fourth-order valence-electron chi connectivity index (χ4n) is 2.30. The van der Waals surface area contributed by atoms with Gasteiger partial charge in [0.05, 0.1) is 4.88 Å². The standard InChI is InChI=1S/C18H18N4O2S/c1-11-6-7-13(9-12(11)2)19-17(23)14-10-16(22(3)21-14)20-18(24)15-5-4-8-25-15/h4-10H,1-3H3,(H,19,23)(H,20,24). The lowest BCUT2D eigenvalue weighted by Gasteiger charge is -2.06. The van der Waals surface area contributed by atoms with Crippen LogP contribution in [-0.4, -0.2) is 21.6 Å². The molecule has 0 fully saturated rings. The summed E-state index contributed by atoms with van der Waals surface area (Å²) >= 11 is 1.35. The summed E-state index contributed by atoms with van der Waals surface area (Å²) in [5.74, 6) is -0.0850. The van der Waals surface area contributed by atoms with Crippen LogP contribution in [-0.2, 0) is 7.05 Å². The topological polar surface area (TPSA) is 76.0 Å². The van der Waals surface area contributed by atoms with E-state index in [1.165, 1.54) is 16.0 Å². The fourth-order valence-corrected chi connectivity index (χ4v) is 2.91. The van der Waals surface area contributed by atoms with Gasteiger partial charge in [-0.3, -0.25) is 14.3 Å². The largest absolute Gasteiger partial charge is 0.321 e. The van der Waals surface area contributed by atoms with Gasteiger partial charge in [-0.1, -0.05) is 12.1 Å². The SMILES string of the molecule is Cc1ccc(NC(=O)c2cc(NC(=O)c3cccs3)n(C)n2)cc1C. The Morgan fingerprint density at radius 1 is 1.04 bits per heavy atom.